The van der Waals surface area contributed by atoms with E-state index in [0.29, 0.717) is 0 Å². The average molecular weight is 323 g/mol. The van der Waals surface area contributed by atoms with Crippen molar-refractivity contribution in [2.24, 2.45) is 0 Å². The van der Waals surface area contributed by atoms with Gasteiger partial charge in [0, 0.05) is 16.9 Å². The Hall–Kier alpha value is -3.06. The summed E-state index contributed by atoms with van der Waals surface area (Å²) in [5.74, 6) is 0. The Labute approximate surface area is 149 Å². The average Bonchev–Trinajstić information content (AvgIpc) is 3.09. The number of aromatic nitrogens is 1. The summed E-state index contributed by atoms with van der Waals surface area (Å²) < 4.78 is 2.40. The molecule has 0 amide bonds. The lowest BCUT2D eigenvalue weighted by Crippen LogP contribution is -2.01. The van der Waals surface area contributed by atoms with E-state index in [2.05, 4.69) is 109 Å². The maximum Gasteiger partial charge on any atom is 0.0537 e. The normalized spacial score (nSPS) is 10.8. The fourth-order valence-electron chi connectivity index (χ4n) is 3.46. The highest BCUT2D eigenvalue weighted by Crippen LogP contribution is 2.35. The first-order valence-electron chi connectivity index (χ1n) is 8.79. The van der Waals surface area contributed by atoms with Gasteiger partial charge in [-0.2, -0.15) is 0 Å². The topological polar surface area (TPSA) is 4.93 Å². The Kier molecular flexibility index (Phi) is 4.22. The lowest BCUT2D eigenvalue weighted by Gasteiger charge is -2.14. The molecule has 4 rings (SSSR count). The first kappa shape index (κ1) is 15.5. The van der Waals surface area contributed by atoms with Gasteiger partial charge in [0.05, 0.1) is 5.69 Å². The molecule has 122 valence electrons. The van der Waals surface area contributed by atoms with E-state index in [1.165, 1.54) is 33.8 Å². The third kappa shape index (κ3) is 2.89. The summed E-state index contributed by atoms with van der Waals surface area (Å²) in [6, 6.07) is 34.3. The summed E-state index contributed by atoms with van der Waals surface area (Å²) in [4.78, 5) is 0. The fraction of sp³-hybridized carbons (Fsp3) is 0.0833. The van der Waals surface area contributed by atoms with Crippen molar-refractivity contribution in [1.29, 1.82) is 0 Å². The molecule has 1 heterocycles. The Morgan fingerprint density at radius 1 is 0.640 bits per heavy atom. The van der Waals surface area contributed by atoms with E-state index in [1.807, 2.05) is 0 Å². The molecule has 1 heteroatoms. The molecule has 0 aliphatic heterocycles. The van der Waals surface area contributed by atoms with Gasteiger partial charge >= 0.3 is 0 Å². The first-order valence-corrected chi connectivity index (χ1v) is 8.79. The maximum atomic E-state index is 2.40. The number of para-hydroxylation sites is 1. The molecule has 0 unspecified atom stereocenters. The predicted molar refractivity (Wildman–Crippen MR) is 106 cm³/mol. The smallest absolute Gasteiger partial charge is 0.0537 e. The Morgan fingerprint density at radius 2 is 1.16 bits per heavy atom. The third-order valence-corrected chi connectivity index (χ3v) is 4.61. The molecule has 4 aromatic rings. The fourth-order valence-corrected chi connectivity index (χ4v) is 3.46. The van der Waals surface area contributed by atoms with Gasteiger partial charge in [0.1, 0.15) is 0 Å². The van der Waals surface area contributed by atoms with Crippen LogP contribution < -0.4 is 0 Å². The third-order valence-electron chi connectivity index (χ3n) is 4.61. The molecule has 0 atom stereocenters. The molecule has 0 bridgehead atoms. The zero-order valence-electron chi connectivity index (χ0n) is 14.4. The summed E-state index contributed by atoms with van der Waals surface area (Å²) in [5.41, 5.74) is 7.61. The molecule has 0 fully saturated rings. The molecular weight excluding hydrogens is 302 g/mol. The highest BCUT2D eigenvalue weighted by molar-refractivity contribution is 5.77. The van der Waals surface area contributed by atoms with Gasteiger partial charge < -0.3 is 4.57 Å². The number of nitrogens with zero attached hydrogens (tertiary/aromatic N) is 1. The predicted octanol–water partition coefficient (Wildman–Crippen LogP) is 6.37. The van der Waals surface area contributed by atoms with E-state index >= 15 is 0 Å². The van der Waals surface area contributed by atoms with Crippen LogP contribution in [0.3, 0.4) is 0 Å². The van der Waals surface area contributed by atoms with Gasteiger partial charge in [-0.05, 0) is 35.7 Å². The number of hydrogen-bond donors (Lipinski definition) is 0. The molecule has 0 saturated carbocycles. The maximum absolute atomic E-state index is 2.40. The highest BCUT2D eigenvalue weighted by atomic mass is 15.0. The van der Waals surface area contributed by atoms with Crippen molar-refractivity contribution in [1.82, 2.24) is 4.57 Å². The van der Waals surface area contributed by atoms with Gasteiger partial charge in [0.25, 0.3) is 0 Å². The lowest BCUT2D eigenvalue weighted by molar-refractivity contribution is 0.944. The quantitative estimate of drug-likeness (QED) is 0.411. The summed E-state index contributed by atoms with van der Waals surface area (Å²) in [6.07, 6.45) is 0.978. The monoisotopic (exact) mass is 323 g/mol. The van der Waals surface area contributed by atoms with Gasteiger partial charge in [-0.1, -0.05) is 85.8 Å². The highest BCUT2D eigenvalue weighted by Gasteiger charge is 2.17. The van der Waals surface area contributed by atoms with Gasteiger partial charge in [-0.15, -0.1) is 0 Å². The second kappa shape index (κ2) is 6.82. The van der Waals surface area contributed by atoms with Crippen LogP contribution in [0.4, 0.5) is 0 Å². The van der Waals surface area contributed by atoms with E-state index in [1.54, 1.807) is 0 Å². The second-order valence-electron chi connectivity index (χ2n) is 6.15. The molecule has 0 spiro atoms. The minimum Gasteiger partial charge on any atom is -0.313 e. The van der Waals surface area contributed by atoms with Crippen LogP contribution in [0.25, 0.3) is 28.1 Å². The molecule has 3 aromatic carbocycles. The van der Waals surface area contributed by atoms with Crippen LogP contribution in [0.15, 0.2) is 97.1 Å². The van der Waals surface area contributed by atoms with Crippen LogP contribution in [-0.2, 0) is 6.42 Å². The van der Waals surface area contributed by atoms with Crippen molar-refractivity contribution in [2.75, 3.05) is 0 Å². The summed E-state index contributed by atoms with van der Waals surface area (Å²) in [6.45, 7) is 2.23. The van der Waals surface area contributed by atoms with E-state index in [4.69, 9.17) is 0 Å². The molecule has 0 aliphatic rings. The number of hydrogen-bond acceptors (Lipinski definition) is 0. The SMILES string of the molecule is CCc1c(-c2ccccc2)cc(-c2ccccc2)n1-c1ccccc1. The van der Waals surface area contributed by atoms with E-state index in [-0.39, 0.29) is 0 Å². The van der Waals surface area contributed by atoms with Crippen molar-refractivity contribution in [3.8, 4) is 28.1 Å². The molecule has 1 nitrogen and oxygen atoms in total. The Balaban J connectivity index is 2.02. The summed E-state index contributed by atoms with van der Waals surface area (Å²) in [7, 11) is 0. The molecule has 0 saturated heterocycles. The Bertz CT molecular complexity index is 951. The minimum absolute atomic E-state index is 0.978. The van der Waals surface area contributed by atoms with Crippen molar-refractivity contribution in [3.63, 3.8) is 0 Å². The van der Waals surface area contributed by atoms with Gasteiger partial charge in [-0.25, -0.2) is 0 Å². The van der Waals surface area contributed by atoms with E-state index < -0.39 is 0 Å². The minimum atomic E-state index is 0.978. The Morgan fingerprint density at radius 3 is 1.72 bits per heavy atom. The molecule has 0 radical (unpaired) electrons. The zero-order valence-corrected chi connectivity index (χ0v) is 14.4. The summed E-state index contributed by atoms with van der Waals surface area (Å²) >= 11 is 0. The van der Waals surface area contributed by atoms with E-state index in [0.717, 1.165) is 6.42 Å². The van der Waals surface area contributed by atoms with Crippen molar-refractivity contribution in [3.05, 3.63) is 103 Å². The number of rotatable bonds is 4. The van der Waals surface area contributed by atoms with Crippen LogP contribution in [0, 0.1) is 0 Å². The lowest BCUT2D eigenvalue weighted by atomic mass is 10.0. The molecule has 25 heavy (non-hydrogen) atoms. The molecule has 1 aromatic heterocycles. The molecule has 0 N–H and O–H groups in total. The van der Waals surface area contributed by atoms with Crippen molar-refractivity contribution >= 4 is 0 Å². The van der Waals surface area contributed by atoms with Crippen LogP contribution in [0.5, 0.6) is 0 Å². The van der Waals surface area contributed by atoms with Crippen LogP contribution in [0.1, 0.15) is 12.6 Å². The van der Waals surface area contributed by atoms with Crippen molar-refractivity contribution in [2.45, 2.75) is 13.3 Å². The van der Waals surface area contributed by atoms with Crippen molar-refractivity contribution < 1.29 is 0 Å². The van der Waals surface area contributed by atoms with Crippen LogP contribution >= 0.6 is 0 Å². The van der Waals surface area contributed by atoms with Crippen LogP contribution in [-0.4, -0.2) is 4.57 Å². The molecule has 0 aliphatic carbocycles. The standard InChI is InChI=1S/C24H21N/c1-2-23-22(19-12-6-3-7-13-19)18-24(20-14-8-4-9-15-20)25(23)21-16-10-5-11-17-21/h3-18H,2H2,1H3. The van der Waals surface area contributed by atoms with Gasteiger partial charge in [0.15, 0.2) is 0 Å². The van der Waals surface area contributed by atoms with Gasteiger partial charge in [0.2, 0.25) is 0 Å². The van der Waals surface area contributed by atoms with Crippen LogP contribution in [0.2, 0.25) is 0 Å². The summed E-state index contributed by atoms with van der Waals surface area (Å²) in [5, 5.41) is 0. The molecular formula is C24H21N. The van der Waals surface area contributed by atoms with E-state index in [9.17, 15) is 0 Å². The number of benzene rings is 3. The second-order valence-corrected chi connectivity index (χ2v) is 6.15. The first-order chi connectivity index (χ1) is 12.4. The van der Waals surface area contributed by atoms with Gasteiger partial charge in [-0.3, -0.25) is 0 Å². The largest absolute Gasteiger partial charge is 0.313 e. The zero-order chi connectivity index (χ0) is 17.1.